The van der Waals surface area contributed by atoms with Crippen LogP contribution in [0, 0.1) is 5.41 Å². The maximum Gasteiger partial charge on any atom is 0.0766 e. The summed E-state index contributed by atoms with van der Waals surface area (Å²) in [5, 5.41) is 8.44. The van der Waals surface area contributed by atoms with Crippen molar-refractivity contribution >= 4 is 15.9 Å². The number of aromatic nitrogens is 2. The Bertz CT molecular complexity index is 461. The standard InChI is InChI=1S/C17H30BrN3/c1-5-13-16(18)14(21(4)20-13)12-15(19-7-3)17(6-2)10-8-9-11-17/h15,19H,5-12H2,1-4H3. The summed E-state index contributed by atoms with van der Waals surface area (Å²) in [5.74, 6) is 0. The van der Waals surface area contributed by atoms with Crippen LogP contribution in [0.4, 0.5) is 0 Å². The molecule has 1 fully saturated rings. The van der Waals surface area contributed by atoms with Crippen molar-refractivity contribution in [1.29, 1.82) is 0 Å². The van der Waals surface area contributed by atoms with Gasteiger partial charge in [0.25, 0.3) is 0 Å². The average Bonchev–Trinajstić information content (AvgIpc) is 3.07. The summed E-state index contributed by atoms with van der Waals surface area (Å²) in [6.07, 6.45) is 8.87. The molecule has 1 aromatic rings. The van der Waals surface area contributed by atoms with E-state index in [1.807, 2.05) is 0 Å². The van der Waals surface area contributed by atoms with Crippen molar-refractivity contribution in [3.05, 3.63) is 15.9 Å². The lowest BCUT2D eigenvalue weighted by Gasteiger charge is -2.37. The van der Waals surface area contributed by atoms with Crippen LogP contribution in [0.3, 0.4) is 0 Å². The molecule has 1 aliphatic rings. The van der Waals surface area contributed by atoms with Crippen LogP contribution in [0.15, 0.2) is 4.47 Å². The van der Waals surface area contributed by atoms with Crippen molar-refractivity contribution < 1.29 is 0 Å². The van der Waals surface area contributed by atoms with E-state index >= 15 is 0 Å². The molecule has 1 aromatic heterocycles. The molecule has 1 aliphatic carbocycles. The molecular weight excluding hydrogens is 326 g/mol. The summed E-state index contributed by atoms with van der Waals surface area (Å²) < 4.78 is 3.30. The number of rotatable bonds is 7. The highest BCUT2D eigenvalue weighted by molar-refractivity contribution is 9.10. The molecule has 0 bridgehead atoms. The Kier molecular flexibility index (Phi) is 5.89. The summed E-state index contributed by atoms with van der Waals surface area (Å²) in [6, 6.07) is 0.561. The second kappa shape index (κ2) is 7.28. The van der Waals surface area contributed by atoms with Gasteiger partial charge in [0, 0.05) is 19.5 Å². The smallest absolute Gasteiger partial charge is 0.0766 e. The van der Waals surface area contributed by atoms with Gasteiger partial charge in [-0.2, -0.15) is 5.10 Å². The van der Waals surface area contributed by atoms with Gasteiger partial charge in [-0.1, -0.05) is 33.6 Å². The number of nitrogens with zero attached hydrogens (tertiary/aromatic N) is 2. The molecule has 3 nitrogen and oxygen atoms in total. The minimum Gasteiger partial charge on any atom is -0.313 e. The molecule has 0 spiro atoms. The Balaban J connectivity index is 2.26. The van der Waals surface area contributed by atoms with Crippen molar-refractivity contribution in [2.24, 2.45) is 12.5 Å². The third-order valence-electron chi connectivity index (χ3n) is 5.39. The van der Waals surface area contributed by atoms with Gasteiger partial charge < -0.3 is 5.32 Å². The van der Waals surface area contributed by atoms with Gasteiger partial charge in [0.1, 0.15) is 0 Å². The van der Waals surface area contributed by atoms with Crippen molar-refractivity contribution in [2.75, 3.05) is 6.54 Å². The quantitative estimate of drug-likeness (QED) is 0.792. The van der Waals surface area contributed by atoms with Crippen LogP contribution in [-0.2, 0) is 19.9 Å². The third-order valence-corrected chi connectivity index (χ3v) is 6.31. The van der Waals surface area contributed by atoms with Crippen LogP contribution in [0.1, 0.15) is 64.3 Å². The number of hydrogen-bond donors (Lipinski definition) is 1. The first kappa shape index (κ1) is 17.0. The second-order valence-electron chi connectivity index (χ2n) is 6.42. The number of nitrogens with one attached hydrogen (secondary N) is 1. The first-order valence-electron chi connectivity index (χ1n) is 8.51. The molecule has 120 valence electrons. The van der Waals surface area contributed by atoms with Crippen molar-refractivity contribution in [3.63, 3.8) is 0 Å². The molecule has 0 amide bonds. The predicted molar refractivity (Wildman–Crippen MR) is 92.6 cm³/mol. The maximum absolute atomic E-state index is 4.66. The maximum atomic E-state index is 4.66. The van der Waals surface area contributed by atoms with Gasteiger partial charge in [0.05, 0.1) is 15.9 Å². The van der Waals surface area contributed by atoms with Gasteiger partial charge in [-0.25, -0.2) is 0 Å². The van der Waals surface area contributed by atoms with Gasteiger partial charge in [-0.05, 0) is 53.6 Å². The van der Waals surface area contributed by atoms with Crippen LogP contribution in [0.2, 0.25) is 0 Å². The Morgan fingerprint density at radius 3 is 2.43 bits per heavy atom. The fourth-order valence-corrected chi connectivity index (χ4v) is 4.79. The van der Waals surface area contributed by atoms with E-state index in [0.29, 0.717) is 11.5 Å². The Morgan fingerprint density at radius 2 is 1.95 bits per heavy atom. The number of likely N-dealkylation sites (N-methyl/N-ethyl adjacent to an activating group) is 1. The van der Waals surface area contributed by atoms with E-state index in [1.54, 1.807) is 0 Å². The molecule has 1 atom stereocenters. The summed E-state index contributed by atoms with van der Waals surface area (Å²) in [7, 11) is 2.08. The lowest BCUT2D eigenvalue weighted by atomic mass is 9.74. The minimum atomic E-state index is 0.478. The van der Waals surface area contributed by atoms with Crippen LogP contribution in [0.5, 0.6) is 0 Å². The van der Waals surface area contributed by atoms with E-state index in [0.717, 1.165) is 19.4 Å². The highest BCUT2D eigenvalue weighted by Gasteiger charge is 2.40. The van der Waals surface area contributed by atoms with Gasteiger partial charge in [-0.3, -0.25) is 4.68 Å². The van der Waals surface area contributed by atoms with Gasteiger partial charge in [0.2, 0.25) is 0 Å². The van der Waals surface area contributed by atoms with E-state index in [9.17, 15) is 0 Å². The van der Waals surface area contributed by atoms with Crippen LogP contribution >= 0.6 is 15.9 Å². The Morgan fingerprint density at radius 1 is 1.29 bits per heavy atom. The zero-order valence-electron chi connectivity index (χ0n) is 14.0. The van der Waals surface area contributed by atoms with E-state index in [1.165, 1.54) is 48.0 Å². The zero-order chi connectivity index (χ0) is 15.5. The normalized spacial score (nSPS) is 19.1. The van der Waals surface area contributed by atoms with Crippen LogP contribution < -0.4 is 5.32 Å². The molecule has 2 rings (SSSR count). The monoisotopic (exact) mass is 355 g/mol. The summed E-state index contributed by atoms with van der Waals surface area (Å²) in [6.45, 7) is 7.80. The largest absolute Gasteiger partial charge is 0.313 e. The van der Waals surface area contributed by atoms with Gasteiger partial charge in [0.15, 0.2) is 0 Å². The molecule has 1 unspecified atom stereocenters. The zero-order valence-corrected chi connectivity index (χ0v) is 15.6. The number of halogens is 1. The Hall–Kier alpha value is -0.350. The topological polar surface area (TPSA) is 29.9 Å². The minimum absolute atomic E-state index is 0.478. The SMILES string of the molecule is CCNC(Cc1c(Br)c(CC)nn1C)C1(CC)CCCC1. The van der Waals surface area contributed by atoms with E-state index in [-0.39, 0.29) is 0 Å². The molecular formula is C17H30BrN3. The molecule has 1 saturated carbocycles. The second-order valence-corrected chi connectivity index (χ2v) is 7.21. The highest BCUT2D eigenvalue weighted by atomic mass is 79.9. The van der Waals surface area contributed by atoms with Crippen LogP contribution in [-0.4, -0.2) is 22.4 Å². The lowest BCUT2D eigenvalue weighted by molar-refractivity contribution is 0.184. The molecule has 0 radical (unpaired) electrons. The van der Waals surface area contributed by atoms with Crippen molar-refractivity contribution in [3.8, 4) is 0 Å². The third kappa shape index (κ3) is 3.37. The summed E-state index contributed by atoms with van der Waals surface area (Å²) in [4.78, 5) is 0. The summed E-state index contributed by atoms with van der Waals surface area (Å²) >= 11 is 3.78. The van der Waals surface area contributed by atoms with Gasteiger partial charge >= 0.3 is 0 Å². The van der Waals surface area contributed by atoms with Gasteiger partial charge in [-0.15, -0.1) is 0 Å². The molecule has 4 heteroatoms. The summed E-state index contributed by atoms with van der Waals surface area (Å²) in [5.41, 5.74) is 3.00. The van der Waals surface area contributed by atoms with Crippen molar-refractivity contribution in [1.82, 2.24) is 15.1 Å². The molecule has 1 heterocycles. The molecule has 21 heavy (non-hydrogen) atoms. The average molecular weight is 356 g/mol. The first-order chi connectivity index (χ1) is 10.1. The number of aryl methyl sites for hydroxylation is 2. The number of hydrogen-bond acceptors (Lipinski definition) is 2. The fraction of sp³-hybridized carbons (Fsp3) is 0.824. The first-order valence-corrected chi connectivity index (χ1v) is 9.30. The predicted octanol–water partition coefficient (Wildman–Crippen LogP) is 4.24. The van der Waals surface area contributed by atoms with E-state index in [2.05, 4.69) is 58.8 Å². The molecule has 0 saturated heterocycles. The van der Waals surface area contributed by atoms with E-state index in [4.69, 9.17) is 0 Å². The lowest BCUT2D eigenvalue weighted by Crippen LogP contribution is -2.45. The van der Waals surface area contributed by atoms with Crippen molar-refractivity contribution in [2.45, 2.75) is 71.8 Å². The molecule has 0 aromatic carbocycles. The van der Waals surface area contributed by atoms with E-state index < -0.39 is 0 Å². The molecule has 0 aliphatic heterocycles. The highest BCUT2D eigenvalue weighted by Crippen LogP contribution is 2.45. The fourth-order valence-electron chi connectivity index (χ4n) is 4.01. The molecule has 1 N–H and O–H groups in total. The Labute approximate surface area is 138 Å². The van der Waals surface area contributed by atoms with Crippen LogP contribution in [0.25, 0.3) is 0 Å².